The molecule has 0 atom stereocenters. The Kier molecular flexibility index (Phi) is 3.07. The third-order valence-corrected chi connectivity index (χ3v) is 4.24. The van der Waals surface area contributed by atoms with E-state index in [4.69, 9.17) is 5.26 Å². The third kappa shape index (κ3) is 2.98. The fraction of sp³-hybridized carbons (Fsp3) is 0.417. The molecule has 0 amide bonds. The van der Waals surface area contributed by atoms with Crippen LogP contribution in [0.25, 0.3) is 0 Å². The number of hydrogen-bond donors (Lipinski definition) is 1. The Bertz CT molecular complexity index is 569. The predicted octanol–water partition coefficient (Wildman–Crippen LogP) is 2.02. The molecule has 1 fully saturated rings. The van der Waals surface area contributed by atoms with Gasteiger partial charge in [0.25, 0.3) is 0 Å². The van der Waals surface area contributed by atoms with Gasteiger partial charge in [-0.2, -0.15) is 5.26 Å². The third-order valence-electron chi connectivity index (χ3n) is 2.80. The van der Waals surface area contributed by atoms with Gasteiger partial charge < -0.3 is 0 Å². The molecule has 0 aliphatic heterocycles. The van der Waals surface area contributed by atoms with Gasteiger partial charge in [0.2, 0.25) is 10.0 Å². The number of aryl methyl sites for hydroxylation is 1. The van der Waals surface area contributed by atoms with Crippen molar-refractivity contribution >= 4 is 15.7 Å². The normalized spacial score (nSPS) is 15.3. The van der Waals surface area contributed by atoms with Crippen LogP contribution in [0.3, 0.4) is 0 Å². The lowest BCUT2D eigenvalue weighted by Crippen LogP contribution is -2.18. The van der Waals surface area contributed by atoms with Crippen LogP contribution in [0.1, 0.15) is 24.0 Å². The minimum absolute atomic E-state index is 0.159. The molecule has 2 rings (SSSR count). The minimum atomic E-state index is -3.32. The van der Waals surface area contributed by atoms with Crippen molar-refractivity contribution in [2.75, 3.05) is 10.5 Å². The maximum absolute atomic E-state index is 11.8. The van der Waals surface area contributed by atoms with Crippen molar-refractivity contribution in [2.24, 2.45) is 5.92 Å². The van der Waals surface area contributed by atoms with Gasteiger partial charge in [0.05, 0.1) is 17.0 Å². The smallest absolute Gasteiger partial charge is 0.233 e. The standard InChI is InChI=1S/C12H14N2O2S/c1-9-3-2-4-12(11(9)7-13)14-17(15,16)8-10-5-6-10/h2-4,10,14H,5-6,8H2,1H3. The number of nitrogens with one attached hydrogen (secondary N) is 1. The molecule has 1 saturated carbocycles. The average Bonchev–Trinajstić information content (AvgIpc) is 3.00. The summed E-state index contributed by atoms with van der Waals surface area (Å²) in [5.74, 6) is 0.453. The monoisotopic (exact) mass is 250 g/mol. The number of benzene rings is 1. The van der Waals surface area contributed by atoms with E-state index >= 15 is 0 Å². The first kappa shape index (κ1) is 11.9. The zero-order valence-electron chi connectivity index (χ0n) is 9.60. The molecule has 0 radical (unpaired) electrons. The molecule has 90 valence electrons. The van der Waals surface area contributed by atoms with Crippen molar-refractivity contribution in [3.05, 3.63) is 29.3 Å². The van der Waals surface area contributed by atoms with E-state index < -0.39 is 10.0 Å². The van der Waals surface area contributed by atoms with E-state index in [9.17, 15) is 8.42 Å². The Morgan fingerprint density at radius 1 is 1.47 bits per heavy atom. The molecule has 0 unspecified atom stereocenters. The minimum Gasteiger partial charge on any atom is -0.282 e. The van der Waals surface area contributed by atoms with Crippen LogP contribution in [-0.4, -0.2) is 14.2 Å². The van der Waals surface area contributed by atoms with E-state index in [1.165, 1.54) is 0 Å². The van der Waals surface area contributed by atoms with E-state index in [1.54, 1.807) is 25.1 Å². The zero-order valence-corrected chi connectivity index (χ0v) is 10.4. The summed E-state index contributed by atoms with van der Waals surface area (Å²) in [4.78, 5) is 0. The first-order valence-corrected chi connectivity index (χ1v) is 7.17. The van der Waals surface area contributed by atoms with Crippen LogP contribution in [0.15, 0.2) is 18.2 Å². The van der Waals surface area contributed by atoms with E-state index in [0.29, 0.717) is 17.2 Å². The highest BCUT2D eigenvalue weighted by atomic mass is 32.2. The van der Waals surface area contributed by atoms with Crippen molar-refractivity contribution < 1.29 is 8.42 Å². The van der Waals surface area contributed by atoms with Crippen LogP contribution in [-0.2, 0) is 10.0 Å². The first-order chi connectivity index (χ1) is 8.02. The number of nitrogens with zero attached hydrogens (tertiary/aromatic N) is 1. The van der Waals surface area contributed by atoms with Gasteiger partial charge >= 0.3 is 0 Å². The van der Waals surface area contributed by atoms with Crippen molar-refractivity contribution in [1.29, 1.82) is 5.26 Å². The Balaban J connectivity index is 2.23. The molecule has 4 nitrogen and oxygen atoms in total. The van der Waals surface area contributed by atoms with Gasteiger partial charge in [-0.15, -0.1) is 0 Å². The van der Waals surface area contributed by atoms with E-state index in [1.807, 2.05) is 6.07 Å². The Morgan fingerprint density at radius 2 is 2.18 bits per heavy atom. The van der Waals surface area contributed by atoms with Crippen LogP contribution in [0.2, 0.25) is 0 Å². The number of anilines is 1. The fourth-order valence-corrected chi connectivity index (χ4v) is 3.25. The summed E-state index contributed by atoms with van der Waals surface area (Å²) in [6.07, 6.45) is 1.97. The highest BCUT2D eigenvalue weighted by Gasteiger charge is 2.28. The molecule has 17 heavy (non-hydrogen) atoms. The van der Waals surface area contributed by atoms with Crippen LogP contribution in [0.5, 0.6) is 0 Å². The lowest BCUT2D eigenvalue weighted by atomic mass is 10.1. The quantitative estimate of drug-likeness (QED) is 0.888. The summed E-state index contributed by atoms with van der Waals surface area (Å²) in [5, 5.41) is 9.01. The molecular weight excluding hydrogens is 236 g/mol. The molecule has 0 bridgehead atoms. The SMILES string of the molecule is Cc1cccc(NS(=O)(=O)CC2CC2)c1C#N. The van der Waals surface area contributed by atoms with Crippen LogP contribution < -0.4 is 4.72 Å². The molecule has 1 N–H and O–H groups in total. The largest absolute Gasteiger partial charge is 0.282 e. The molecule has 1 aromatic carbocycles. The molecule has 0 saturated heterocycles. The molecule has 0 aromatic heterocycles. The van der Waals surface area contributed by atoms with Gasteiger partial charge in [-0.25, -0.2) is 8.42 Å². The van der Waals surface area contributed by atoms with E-state index in [-0.39, 0.29) is 5.75 Å². The average molecular weight is 250 g/mol. The number of rotatable bonds is 4. The van der Waals surface area contributed by atoms with Gasteiger partial charge in [0.1, 0.15) is 6.07 Å². The van der Waals surface area contributed by atoms with E-state index in [0.717, 1.165) is 18.4 Å². The molecule has 1 aromatic rings. The second-order valence-electron chi connectivity index (χ2n) is 4.44. The van der Waals surface area contributed by atoms with Crippen molar-refractivity contribution in [1.82, 2.24) is 0 Å². The summed E-state index contributed by atoms with van der Waals surface area (Å²) < 4.78 is 26.1. The molecule has 5 heteroatoms. The molecular formula is C12H14N2O2S. The van der Waals surface area contributed by atoms with Gasteiger partial charge in [-0.1, -0.05) is 12.1 Å². The number of nitriles is 1. The lowest BCUT2D eigenvalue weighted by molar-refractivity contribution is 0.597. The van der Waals surface area contributed by atoms with E-state index in [2.05, 4.69) is 4.72 Å². The predicted molar refractivity (Wildman–Crippen MR) is 66.0 cm³/mol. The first-order valence-electron chi connectivity index (χ1n) is 5.52. The van der Waals surface area contributed by atoms with Gasteiger partial charge in [0, 0.05) is 0 Å². The summed E-state index contributed by atoms with van der Waals surface area (Å²) in [6, 6.07) is 7.18. The number of sulfonamides is 1. The Morgan fingerprint density at radius 3 is 2.76 bits per heavy atom. The van der Waals surface area contributed by atoms with Crippen molar-refractivity contribution in [3.63, 3.8) is 0 Å². The fourth-order valence-electron chi connectivity index (χ4n) is 1.71. The number of hydrogen-bond acceptors (Lipinski definition) is 3. The maximum Gasteiger partial charge on any atom is 0.233 e. The molecule has 0 spiro atoms. The summed E-state index contributed by atoms with van der Waals surface area (Å²) in [6.45, 7) is 1.79. The maximum atomic E-state index is 11.8. The summed E-state index contributed by atoms with van der Waals surface area (Å²) in [7, 11) is -3.32. The van der Waals surface area contributed by atoms with Crippen LogP contribution in [0, 0.1) is 24.2 Å². The van der Waals surface area contributed by atoms with Gasteiger partial charge in [-0.3, -0.25) is 4.72 Å². The van der Waals surface area contributed by atoms with Crippen molar-refractivity contribution in [2.45, 2.75) is 19.8 Å². The lowest BCUT2D eigenvalue weighted by Gasteiger charge is -2.10. The highest BCUT2D eigenvalue weighted by Crippen LogP contribution is 2.31. The topological polar surface area (TPSA) is 70.0 Å². The van der Waals surface area contributed by atoms with Crippen molar-refractivity contribution in [3.8, 4) is 6.07 Å². The Hall–Kier alpha value is -1.54. The molecule has 1 aliphatic carbocycles. The van der Waals surface area contributed by atoms with Crippen LogP contribution >= 0.6 is 0 Å². The second kappa shape index (κ2) is 4.38. The van der Waals surface area contributed by atoms with Gasteiger partial charge in [-0.05, 0) is 37.3 Å². The molecule has 1 aliphatic rings. The summed E-state index contributed by atoms with van der Waals surface area (Å²) >= 11 is 0. The Labute approximate surface area is 101 Å². The van der Waals surface area contributed by atoms with Gasteiger partial charge in [0.15, 0.2) is 0 Å². The summed E-state index contributed by atoms with van der Waals surface area (Å²) in [5.41, 5.74) is 1.55. The highest BCUT2D eigenvalue weighted by molar-refractivity contribution is 7.92. The zero-order chi connectivity index (χ0) is 12.5. The van der Waals surface area contributed by atoms with Crippen LogP contribution in [0.4, 0.5) is 5.69 Å². The second-order valence-corrected chi connectivity index (χ2v) is 6.20. The molecule has 0 heterocycles.